The second-order valence-corrected chi connectivity index (χ2v) is 8.53. The van der Waals surface area contributed by atoms with Crippen LogP contribution >= 0.6 is 0 Å². The van der Waals surface area contributed by atoms with Gasteiger partial charge in [0.25, 0.3) is 5.91 Å². The smallest absolute Gasteiger partial charge is 0.255 e. The number of amides is 1. The van der Waals surface area contributed by atoms with Gasteiger partial charge in [-0.25, -0.2) is 13.1 Å². The van der Waals surface area contributed by atoms with Crippen LogP contribution in [0.15, 0.2) is 52.9 Å². The second-order valence-electron chi connectivity index (χ2n) is 6.82. The van der Waals surface area contributed by atoms with E-state index in [1.807, 2.05) is 25.1 Å². The zero-order chi connectivity index (χ0) is 21.0. The van der Waals surface area contributed by atoms with E-state index >= 15 is 0 Å². The predicted octanol–water partition coefficient (Wildman–Crippen LogP) is 3.19. The van der Waals surface area contributed by atoms with Gasteiger partial charge in [0.15, 0.2) is 11.5 Å². The molecule has 0 aromatic heterocycles. The summed E-state index contributed by atoms with van der Waals surface area (Å²) in [4.78, 5) is 12.7. The highest BCUT2D eigenvalue weighted by Crippen LogP contribution is 2.35. The van der Waals surface area contributed by atoms with Crippen LogP contribution < -0.4 is 19.5 Å². The van der Waals surface area contributed by atoms with E-state index in [1.165, 1.54) is 12.1 Å². The Balaban J connectivity index is 1.73. The van der Waals surface area contributed by atoms with Crippen molar-refractivity contribution in [3.8, 4) is 11.5 Å². The molecule has 7 nitrogen and oxygen atoms in total. The number of carbonyl (C=O) groups excluding carboxylic acids is 1. The topological polar surface area (TPSA) is 93.7 Å². The van der Waals surface area contributed by atoms with E-state index in [0.29, 0.717) is 29.4 Å². The molecule has 1 amide bonds. The van der Waals surface area contributed by atoms with Gasteiger partial charge in [-0.1, -0.05) is 12.1 Å². The molecular formula is C21H24N2O5S. The van der Waals surface area contributed by atoms with Crippen molar-refractivity contribution in [3.05, 3.63) is 53.6 Å². The highest BCUT2D eigenvalue weighted by Gasteiger charge is 2.21. The fraction of sp³-hybridized carbons (Fsp3) is 0.286. The Hall–Kier alpha value is -2.84. The van der Waals surface area contributed by atoms with Gasteiger partial charge in [0.05, 0.1) is 17.1 Å². The van der Waals surface area contributed by atoms with Gasteiger partial charge in [-0.15, -0.1) is 0 Å². The zero-order valence-corrected chi connectivity index (χ0v) is 17.4. The number of nitrogens with one attached hydrogen (secondary N) is 2. The van der Waals surface area contributed by atoms with Crippen LogP contribution in [0.5, 0.6) is 11.5 Å². The van der Waals surface area contributed by atoms with Crippen LogP contribution in [0.25, 0.3) is 6.08 Å². The first-order chi connectivity index (χ1) is 13.8. The molecule has 2 aromatic carbocycles. The molecule has 2 N–H and O–H groups in total. The SMILES string of the molecule is CCOc1cccc2c1OCC(C(=O)Nc1ccc(S(=O)(=O)NC(C)C)cc1)=C2. The minimum atomic E-state index is -3.57. The van der Waals surface area contributed by atoms with Crippen LogP contribution in [-0.4, -0.2) is 33.6 Å². The van der Waals surface area contributed by atoms with E-state index in [-0.39, 0.29) is 23.5 Å². The Bertz CT molecular complexity index is 1030. The Morgan fingerprint density at radius 2 is 1.90 bits per heavy atom. The van der Waals surface area contributed by atoms with Gasteiger partial charge in [-0.05, 0) is 57.2 Å². The molecule has 1 aliphatic heterocycles. The molecule has 1 heterocycles. The van der Waals surface area contributed by atoms with E-state index in [9.17, 15) is 13.2 Å². The van der Waals surface area contributed by atoms with Gasteiger partial charge in [0.2, 0.25) is 10.0 Å². The average Bonchev–Trinajstić information content (AvgIpc) is 2.67. The third kappa shape index (κ3) is 4.96. The molecule has 3 rings (SSSR count). The molecule has 0 unspecified atom stereocenters. The van der Waals surface area contributed by atoms with Gasteiger partial charge >= 0.3 is 0 Å². The maximum absolute atomic E-state index is 12.6. The predicted molar refractivity (Wildman–Crippen MR) is 112 cm³/mol. The molecule has 0 spiro atoms. The standard InChI is InChI=1S/C21H24N2O5S/c1-4-27-19-7-5-6-15-12-16(13-28-20(15)19)21(24)22-17-8-10-18(11-9-17)29(25,26)23-14(2)3/h5-12,14,23H,4,13H2,1-3H3,(H,22,24). The first-order valence-electron chi connectivity index (χ1n) is 9.33. The molecule has 29 heavy (non-hydrogen) atoms. The molecule has 0 bridgehead atoms. The van der Waals surface area contributed by atoms with Crippen molar-refractivity contribution >= 4 is 27.7 Å². The van der Waals surface area contributed by atoms with Crippen molar-refractivity contribution in [3.63, 3.8) is 0 Å². The van der Waals surface area contributed by atoms with Crippen molar-refractivity contribution < 1.29 is 22.7 Å². The molecule has 0 radical (unpaired) electrons. The molecule has 0 saturated heterocycles. The number of fused-ring (bicyclic) bond motifs is 1. The molecule has 154 valence electrons. The van der Waals surface area contributed by atoms with Crippen molar-refractivity contribution in [2.24, 2.45) is 0 Å². The number of hydrogen-bond donors (Lipinski definition) is 2. The van der Waals surface area contributed by atoms with Gasteiger partial charge in [0.1, 0.15) is 6.61 Å². The Labute approximate surface area is 170 Å². The lowest BCUT2D eigenvalue weighted by molar-refractivity contribution is -0.113. The number of anilines is 1. The van der Waals surface area contributed by atoms with Gasteiger partial charge in [0, 0.05) is 17.3 Å². The summed E-state index contributed by atoms with van der Waals surface area (Å²) < 4.78 is 38.2. The molecule has 0 fully saturated rings. The third-order valence-corrected chi connectivity index (χ3v) is 5.79. The molecule has 8 heteroatoms. The number of hydrogen-bond acceptors (Lipinski definition) is 5. The average molecular weight is 416 g/mol. The largest absolute Gasteiger partial charge is 0.490 e. The molecule has 0 atom stereocenters. The number of carbonyl (C=O) groups is 1. The molecule has 2 aromatic rings. The van der Waals surface area contributed by atoms with Crippen LogP contribution in [0.2, 0.25) is 0 Å². The summed E-state index contributed by atoms with van der Waals surface area (Å²) >= 11 is 0. The highest BCUT2D eigenvalue weighted by molar-refractivity contribution is 7.89. The fourth-order valence-corrected chi connectivity index (χ4v) is 4.14. The summed E-state index contributed by atoms with van der Waals surface area (Å²) in [5.41, 5.74) is 1.73. The number of sulfonamides is 1. The van der Waals surface area contributed by atoms with Crippen LogP contribution in [0.4, 0.5) is 5.69 Å². The summed E-state index contributed by atoms with van der Waals surface area (Å²) in [5.74, 6) is 0.957. The van der Waals surface area contributed by atoms with Crippen molar-refractivity contribution in [1.29, 1.82) is 0 Å². The van der Waals surface area contributed by atoms with E-state index < -0.39 is 10.0 Å². The Morgan fingerprint density at radius 1 is 1.17 bits per heavy atom. The monoisotopic (exact) mass is 416 g/mol. The molecule has 0 saturated carbocycles. The summed E-state index contributed by atoms with van der Waals surface area (Å²) in [7, 11) is -3.57. The minimum absolute atomic E-state index is 0.119. The lowest BCUT2D eigenvalue weighted by Gasteiger charge is -2.20. The fourth-order valence-electron chi connectivity index (χ4n) is 2.89. The number of ether oxygens (including phenoxy) is 2. The highest BCUT2D eigenvalue weighted by atomic mass is 32.2. The maximum Gasteiger partial charge on any atom is 0.255 e. The minimum Gasteiger partial charge on any atom is -0.490 e. The van der Waals surface area contributed by atoms with Crippen LogP contribution in [-0.2, 0) is 14.8 Å². The van der Waals surface area contributed by atoms with Crippen LogP contribution in [0.3, 0.4) is 0 Å². The maximum atomic E-state index is 12.6. The summed E-state index contributed by atoms with van der Waals surface area (Å²) in [6.07, 6.45) is 1.77. The number of benzene rings is 2. The summed E-state index contributed by atoms with van der Waals surface area (Å²) in [5, 5.41) is 2.77. The molecule has 0 aliphatic carbocycles. The van der Waals surface area contributed by atoms with E-state index in [2.05, 4.69) is 10.0 Å². The first-order valence-corrected chi connectivity index (χ1v) is 10.8. The van der Waals surface area contributed by atoms with Crippen molar-refractivity contribution in [2.45, 2.75) is 31.7 Å². The van der Waals surface area contributed by atoms with E-state index in [0.717, 1.165) is 5.56 Å². The second kappa shape index (κ2) is 8.67. The normalized spacial score (nSPS) is 13.3. The Kier molecular flexibility index (Phi) is 6.24. The van der Waals surface area contributed by atoms with Crippen LogP contribution in [0.1, 0.15) is 26.3 Å². The molecule has 1 aliphatic rings. The van der Waals surface area contributed by atoms with Crippen molar-refractivity contribution in [2.75, 3.05) is 18.5 Å². The molecular weight excluding hydrogens is 392 g/mol. The number of para-hydroxylation sites is 1. The van der Waals surface area contributed by atoms with E-state index in [1.54, 1.807) is 32.1 Å². The lowest BCUT2D eigenvalue weighted by atomic mass is 10.1. The zero-order valence-electron chi connectivity index (χ0n) is 16.6. The Morgan fingerprint density at radius 3 is 2.55 bits per heavy atom. The van der Waals surface area contributed by atoms with Gasteiger partial charge < -0.3 is 14.8 Å². The van der Waals surface area contributed by atoms with Crippen molar-refractivity contribution in [1.82, 2.24) is 4.72 Å². The third-order valence-electron chi connectivity index (χ3n) is 4.12. The quantitative estimate of drug-likeness (QED) is 0.723. The summed E-state index contributed by atoms with van der Waals surface area (Å²) in [6.45, 7) is 6.04. The first kappa shape index (κ1) is 20.9. The van der Waals surface area contributed by atoms with Crippen LogP contribution in [0, 0.1) is 0 Å². The van der Waals surface area contributed by atoms with Gasteiger partial charge in [-0.2, -0.15) is 0 Å². The number of rotatable bonds is 7. The summed E-state index contributed by atoms with van der Waals surface area (Å²) in [6, 6.07) is 11.3. The van der Waals surface area contributed by atoms with E-state index in [4.69, 9.17) is 9.47 Å². The lowest BCUT2D eigenvalue weighted by Crippen LogP contribution is -2.30. The van der Waals surface area contributed by atoms with Gasteiger partial charge in [-0.3, -0.25) is 4.79 Å².